The van der Waals surface area contributed by atoms with E-state index in [0.29, 0.717) is 17.9 Å². The van der Waals surface area contributed by atoms with Gasteiger partial charge in [-0.1, -0.05) is 54.6 Å². The molecule has 0 radical (unpaired) electrons. The van der Waals surface area contributed by atoms with Gasteiger partial charge in [-0.2, -0.15) is 10.2 Å². The monoisotopic (exact) mass is 729 g/mol. The van der Waals surface area contributed by atoms with Gasteiger partial charge in [0.2, 0.25) is 0 Å². The number of methoxy groups -OCH3 is 2. The van der Waals surface area contributed by atoms with E-state index in [0.717, 1.165) is 16.7 Å². The van der Waals surface area contributed by atoms with Crippen LogP contribution in [0.2, 0.25) is 0 Å². The summed E-state index contributed by atoms with van der Waals surface area (Å²) in [5, 5.41) is 9.28. The van der Waals surface area contributed by atoms with Crippen LogP contribution in [0.15, 0.2) is 95.9 Å². The van der Waals surface area contributed by atoms with Crippen LogP contribution in [0.1, 0.15) is 63.5 Å². The molecular formula is C39H48N5O7P. The second kappa shape index (κ2) is 17.9. The SMILES string of the molecule is COc1ccc(C(OC[C@H]2O[C@H](n3ccc(N)nc3=O)C[C@@H]2OP(OCCC#N)N(C(C)C)C(C)C)(c2ccccc2)c2ccc(OC)cc2)cc1. The highest BCUT2D eigenvalue weighted by atomic mass is 31.2. The topological polar surface area (TPSA) is 143 Å². The van der Waals surface area contributed by atoms with E-state index in [9.17, 15) is 10.1 Å². The first-order valence-corrected chi connectivity index (χ1v) is 18.5. The lowest BCUT2D eigenvalue weighted by molar-refractivity contribution is -0.0925. The minimum Gasteiger partial charge on any atom is -0.497 e. The number of nitrogens with zero attached hydrogens (tertiary/aromatic N) is 4. The van der Waals surface area contributed by atoms with Gasteiger partial charge in [0, 0.05) is 24.7 Å². The summed E-state index contributed by atoms with van der Waals surface area (Å²) in [6.45, 7) is 8.60. The van der Waals surface area contributed by atoms with Gasteiger partial charge >= 0.3 is 5.69 Å². The first-order valence-electron chi connectivity index (χ1n) is 17.3. The number of hydrogen-bond donors (Lipinski definition) is 1. The maximum atomic E-state index is 13.0. The summed E-state index contributed by atoms with van der Waals surface area (Å²) < 4.78 is 41.6. The van der Waals surface area contributed by atoms with Crippen LogP contribution in [-0.4, -0.2) is 65.9 Å². The second-order valence-electron chi connectivity index (χ2n) is 12.9. The van der Waals surface area contributed by atoms with Gasteiger partial charge in [0.25, 0.3) is 8.53 Å². The van der Waals surface area contributed by atoms with Crippen molar-refractivity contribution >= 4 is 14.3 Å². The predicted molar refractivity (Wildman–Crippen MR) is 200 cm³/mol. The maximum Gasteiger partial charge on any atom is 0.351 e. The molecule has 1 aliphatic heterocycles. The van der Waals surface area contributed by atoms with E-state index in [4.69, 9.17) is 33.7 Å². The predicted octanol–water partition coefficient (Wildman–Crippen LogP) is 6.80. The lowest BCUT2D eigenvalue weighted by atomic mass is 9.80. The zero-order valence-corrected chi connectivity index (χ0v) is 31.4. The molecule has 13 heteroatoms. The molecule has 3 aromatic carbocycles. The molecular weight excluding hydrogens is 681 g/mol. The Kier molecular flexibility index (Phi) is 13.4. The van der Waals surface area contributed by atoms with E-state index < -0.39 is 38.3 Å². The van der Waals surface area contributed by atoms with Gasteiger partial charge in [-0.15, -0.1) is 0 Å². The van der Waals surface area contributed by atoms with Crippen molar-refractivity contribution in [1.82, 2.24) is 14.2 Å². The van der Waals surface area contributed by atoms with Gasteiger partial charge in [-0.05, 0) is 74.7 Å². The van der Waals surface area contributed by atoms with Crippen LogP contribution >= 0.6 is 8.53 Å². The summed E-state index contributed by atoms with van der Waals surface area (Å²) in [6.07, 6.45) is 0.183. The summed E-state index contributed by atoms with van der Waals surface area (Å²) in [4.78, 5) is 17.0. The number of ether oxygens (including phenoxy) is 4. The molecule has 2 N–H and O–H groups in total. The number of nitrogens with two attached hydrogens (primary N) is 1. The number of nitriles is 1. The minimum atomic E-state index is -1.64. The standard InChI is InChI=1S/C39H48N5O7P/c1-27(2)44(28(3)4)52(49-24-10-22-40)51-34-25-37(43-23-21-36(41)42-38(43)45)50-35(34)26-48-39(29-11-8-7-9-12-29,30-13-17-32(46-5)18-14-30)31-15-19-33(47-6)20-16-31/h7-9,11-21,23,27-28,34-35,37H,10,24-26H2,1-6H3,(H2,41,42,45)/t34-,35+,37-,52?/m0/s1. The molecule has 2 heterocycles. The summed E-state index contributed by atoms with van der Waals surface area (Å²) in [5.74, 6) is 1.54. The van der Waals surface area contributed by atoms with Crippen molar-refractivity contribution in [2.24, 2.45) is 0 Å². The molecule has 276 valence electrons. The lowest BCUT2D eigenvalue weighted by Gasteiger charge is -2.39. The van der Waals surface area contributed by atoms with Crippen molar-refractivity contribution in [1.29, 1.82) is 5.26 Å². The second-order valence-corrected chi connectivity index (χ2v) is 14.3. The Morgan fingerprint density at radius 3 is 2.04 bits per heavy atom. The highest BCUT2D eigenvalue weighted by Gasteiger charge is 2.45. The van der Waals surface area contributed by atoms with Crippen molar-refractivity contribution in [3.05, 3.63) is 118 Å². The third-order valence-electron chi connectivity index (χ3n) is 8.87. The Hall–Kier alpha value is -4.34. The van der Waals surface area contributed by atoms with Crippen LogP contribution in [-0.2, 0) is 24.1 Å². The number of nitrogen functional groups attached to an aromatic ring is 1. The molecule has 1 fully saturated rings. The summed E-state index contributed by atoms with van der Waals surface area (Å²) in [5.41, 5.74) is 6.81. The van der Waals surface area contributed by atoms with E-state index in [1.807, 2.05) is 78.9 Å². The summed E-state index contributed by atoms with van der Waals surface area (Å²) in [7, 11) is 1.63. The van der Waals surface area contributed by atoms with E-state index in [-0.39, 0.29) is 37.5 Å². The van der Waals surface area contributed by atoms with Crippen LogP contribution in [0.3, 0.4) is 0 Å². The first-order chi connectivity index (χ1) is 25.1. The molecule has 1 aliphatic rings. The van der Waals surface area contributed by atoms with Crippen molar-refractivity contribution in [3.63, 3.8) is 0 Å². The Balaban J connectivity index is 1.59. The highest BCUT2D eigenvalue weighted by molar-refractivity contribution is 7.44. The number of benzene rings is 3. The molecule has 4 aromatic rings. The lowest BCUT2D eigenvalue weighted by Crippen LogP contribution is -2.39. The fraction of sp³-hybridized carbons (Fsp3) is 0.410. The van der Waals surface area contributed by atoms with Gasteiger partial charge in [-0.25, -0.2) is 9.46 Å². The van der Waals surface area contributed by atoms with E-state index in [1.54, 1.807) is 26.5 Å². The summed E-state index contributed by atoms with van der Waals surface area (Å²) >= 11 is 0. The number of anilines is 1. The fourth-order valence-electron chi connectivity index (χ4n) is 6.47. The number of aromatic nitrogens is 2. The molecule has 1 unspecified atom stereocenters. The first kappa shape index (κ1) is 38.9. The molecule has 5 rings (SSSR count). The van der Waals surface area contributed by atoms with Crippen LogP contribution < -0.4 is 20.9 Å². The van der Waals surface area contributed by atoms with Gasteiger partial charge in [0.1, 0.15) is 35.2 Å². The minimum absolute atomic E-state index is 0.0655. The molecule has 0 bridgehead atoms. The largest absolute Gasteiger partial charge is 0.497 e. The fourth-order valence-corrected chi connectivity index (χ4v) is 8.23. The molecule has 0 saturated carbocycles. The Morgan fingerprint density at radius 2 is 1.52 bits per heavy atom. The average Bonchev–Trinajstić information content (AvgIpc) is 3.54. The highest BCUT2D eigenvalue weighted by Crippen LogP contribution is 2.50. The van der Waals surface area contributed by atoms with Gasteiger partial charge in [0.15, 0.2) is 0 Å². The normalized spacial score (nSPS) is 18.1. The zero-order valence-electron chi connectivity index (χ0n) is 30.5. The molecule has 0 spiro atoms. The van der Waals surface area contributed by atoms with Crippen LogP contribution in [0.4, 0.5) is 5.82 Å². The van der Waals surface area contributed by atoms with E-state index >= 15 is 0 Å². The van der Waals surface area contributed by atoms with Crippen LogP contribution in [0, 0.1) is 11.3 Å². The maximum absolute atomic E-state index is 13.0. The zero-order chi connectivity index (χ0) is 37.3. The molecule has 0 aliphatic carbocycles. The average molecular weight is 730 g/mol. The Morgan fingerprint density at radius 1 is 0.942 bits per heavy atom. The molecule has 4 atom stereocenters. The number of rotatable bonds is 17. The molecule has 0 amide bonds. The van der Waals surface area contributed by atoms with Crippen molar-refractivity contribution in [2.45, 2.75) is 76.7 Å². The van der Waals surface area contributed by atoms with E-state index in [1.165, 1.54) is 4.57 Å². The van der Waals surface area contributed by atoms with Gasteiger partial charge in [-0.3, -0.25) is 4.57 Å². The van der Waals surface area contributed by atoms with Gasteiger partial charge in [0.05, 0.1) is 46.0 Å². The number of hydrogen-bond acceptors (Lipinski definition) is 11. The third kappa shape index (κ3) is 8.81. The van der Waals surface area contributed by atoms with Crippen LogP contribution in [0.25, 0.3) is 0 Å². The Bertz CT molecular complexity index is 1760. The Labute approximate surface area is 307 Å². The third-order valence-corrected chi connectivity index (χ3v) is 11.0. The quantitative estimate of drug-likeness (QED) is 0.0696. The summed E-state index contributed by atoms with van der Waals surface area (Å²) in [6, 6.07) is 29.5. The van der Waals surface area contributed by atoms with Crippen molar-refractivity contribution in [3.8, 4) is 17.6 Å². The van der Waals surface area contributed by atoms with E-state index in [2.05, 4.69) is 43.4 Å². The molecule has 1 saturated heterocycles. The molecule has 1 aromatic heterocycles. The smallest absolute Gasteiger partial charge is 0.351 e. The van der Waals surface area contributed by atoms with Gasteiger partial charge < -0.3 is 33.7 Å². The van der Waals surface area contributed by atoms with Crippen molar-refractivity contribution < 1.29 is 28.0 Å². The molecule has 12 nitrogen and oxygen atoms in total. The molecule has 52 heavy (non-hydrogen) atoms. The van der Waals surface area contributed by atoms with Crippen molar-refractivity contribution in [2.75, 3.05) is 33.2 Å². The van der Waals surface area contributed by atoms with Crippen LogP contribution in [0.5, 0.6) is 11.5 Å².